The Hall–Kier alpha value is -2.84. The SMILES string of the molecule is CCCc1cc(Cl)ccc1[C@@H]1COc2ccc3cc2N(C1)C[C@@H]1CC[C@H]1C(=O)/C=C/[C@H](C)[C@H](C)CS(=O)(=O)NC3=O. The Bertz CT molecular complexity index is 1460. The molecule has 5 rings (SSSR count). The number of carbonyl (C=O) groups is 2. The summed E-state index contributed by atoms with van der Waals surface area (Å²) >= 11 is 6.36. The Labute approximate surface area is 248 Å². The number of fused-ring (bicyclic) bond motifs is 2. The van der Waals surface area contributed by atoms with Gasteiger partial charge in [0.15, 0.2) is 5.78 Å². The maximum absolute atomic E-state index is 13.2. The molecule has 2 aromatic carbocycles. The molecule has 1 fully saturated rings. The van der Waals surface area contributed by atoms with Crippen molar-refractivity contribution in [2.45, 2.75) is 52.4 Å². The molecule has 0 unspecified atom stereocenters. The van der Waals surface area contributed by atoms with Crippen molar-refractivity contribution in [3.8, 4) is 5.75 Å². The van der Waals surface area contributed by atoms with E-state index in [4.69, 9.17) is 16.3 Å². The molecule has 1 amide bonds. The molecular formula is C32H39ClN2O5S. The minimum absolute atomic E-state index is 0.0425. The number of nitrogens with zero attached hydrogens (tertiary/aromatic N) is 1. The fourth-order valence-corrected chi connectivity index (χ4v) is 7.87. The lowest BCUT2D eigenvalue weighted by Crippen LogP contribution is -2.42. The minimum atomic E-state index is -3.89. The van der Waals surface area contributed by atoms with Gasteiger partial charge in [-0.2, -0.15) is 0 Å². The second-order valence-electron chi connectivity index (χ2n) is 11.9. The van der Waals surface area contributed by atoms with E-state index < -0.39 is 15.9 Å². The van der Waals surface area contributed by atoms with E-state index in [0.717, 1.165) is 31.4 Å². The molecule has 2 aliphatic heterocycles. The second-order valence-corrected chi connectivity index (χ2v) is 14.1. The number of halogens is 1. The molecule has 2 bridgehead atoms. The van der Waals surface area contributed by atoms with Crippen molar-refractivity contribution in [2.75, 3.05) is 30.3 Å². The number of ether oxygens (including phenoxy) is 1. The maximum atomic E-state index is 13.2. The molecule has 3 aliphatic rings. The third-order valence-electron chi connectivity index (χ3n) is 8.94. The van der Waals surface area contributed by atoms with E-state index in [1.807, 2.05) is 32.1 Å². The highest BCUT2D eigenvalue weighted by Crippen LogP contribution is 2.41. The molecule has 2 heterocycles. The molecule has 1 aliphatic carbocycles. The average Bonchev–Trinajstić information content (AvgIpc) is 3.08. The zero-order valence-corrected chi connectivity index (χ0v) is 25.5. The molecule has 0 spiro atoms. The van der Waals surface area contributed by atoms with Gasteiger partial charge >= 0.3 is 0 Å². The molecule has 5 atom stereocenters. The summed E-state index contributed by atoms with van der Waals surface area (Å²) in [6.45, 7) is 7.59. The van der Waals surface area contributed by atoms with E-state index in [-0.39, 0.29) is 46.7 Å². The first-order valence-electron chi connectivity index (χ1n) is 14.6. The Morgan fingerprint density at radius 2 is 1.88 bits per heavy atom. The van der Waals surface area contributed by atoms with Crippen LogP contribution in [0.1, 0.15) is 67.4 Å². The molecule has 0 saturated heterocycles. The van der Waals surface area contributed by atoms with Crippen molar-refractivity contribution in [1.82, 2.24) is 4.72 Å². The van der Waals surface area contributed by atoms with Gasteiger partial charge in [0.05, 0.1) is 18.0 Å². The van der Waals surface area contributed by atoms with Crippen molar-refractivity contribution in [2.24, 2.45) is 23.7 Å². The number of aryl methyl sites for hydroxylation is 1. The summed E-state index contributed by atoms with van der Waals surface area (Å²) in [4.78, 5) is 28.6. The number of rotatable bonds is 3. The van der Waals surface area contributed by atoms with Gasteiger partial charge in [0.2, 0.25) is 10.0 Å². The van der Waals surface area contributed by atoms with Crippen molar-refractivity contribution >= 4 is 39.0 Å². The number of sulfonamides is 1. The van der Waals surface area contributed by atoms with Crippen LogP contribution in [0.25, 0.3) is 0 Å². The van der Waals surface area contributed by atoms with Gasteiger partial charge in [0, 0.05) is 35.5 Å². The lowest BCUT2D eigenvalue weighted by molar-refractivity contribution is -0.122. The summed E-state index contributed by atoms with van der Waals surface area (Å²) in [5, 5.41) is 0.707. The summed E-state index contributed by atoms with van der Waals surface area (Å²) in [7, 11) is -3.89. The fourth-order valence-electron chi connectivity index (χ4n) is 6.20. The van der Waals surface area contributed by atoms with Gasteiger partial charge in [-0.3, -0.25) is 9.59 Å². The van der Waals surface area contributed by atoms with Gasteiger partial charge in [-0.05, 0) is 84.6 Å². The number of hydrogen-bond acceptors (Lipinski definition) is 6. The Morgan fingerprint density at radius 3 is 2.61 bits per heavy atom. The zero-order chi connectivity index (χ0) is 29.3. The van der Waals surface area contributed by atoms with E-state index in [2.05, 4.69) is 22.6 Å². The van der Waals surface area contributed by atoms with Crippen LogP contribution in [0.15, 0.2) is 48.6 Å². The van der Waals surface area contributed by atoms with Crippen LogP contribution in [0.2, 0.25) is 5.02 Å². The smallest absolute Gasteiger partial charge is 0.264 e. The number of amides is 1. The molecule has 1 saturated carbocycles. The lowest BCUT2D eigenvalue weighted by Gasteiger charge is -2.40. The number of nitrogens with one attached hydrogen (secondary N) is 1. The maximum Gasteiger partial charge on any atom is 0.264 e. The third kappa shape index (κ3) is 6.64. The quantitative estimate of drug-likeness (QED) is 0.482. The summed E-state index contributed by atoms with van der Waals surface area (Å²) in [5.74, 6) is -0.390. The van der Waals surface area contributed by atoms with Gasteiger partial charge in [-0.15, -0.1) is 0 Å². The predicted molar refractivity (Wildman–Crippen MR) is 162 cm³/mol. The molecular weight excluding hydrogens is 560 g/mol. The van der Waals surface area contributed by atoms with Crippen LogP contribution >= 0.6 is 11.6 Å². The molecule has 0 aromatic heterocycles. The van der Waals surface area contributed by atoms with Gasteiger partial charge in [0.25, 0.3) is 5.91 Å². The minimum Gasteiger partial charge on any atom is -0.491 e. The highest BCUT2D eigenvalue weighted by Gasteiger charge is 2.38. The summed E-state index contributed by atoms with van der Waals surface area (Å²) < 4.78 is 34.4. The van der Waals surface area contributed by atoms with Crippen LogP contribution in [-0.2, 0) is 21.2 Å². The van der Waals surface area contributed by atoms with Crippen LogP contribution in [-0.4, -0.2) is 45.6 Å². The normalized spacial score (nSPS) is 28.9. The van der Waals surface area contributed by atoms with E-state index >= 15 is 0 Å². The monoisotopic (exact) mass is 598 g/mol. The topological polar surface area (TPSA) is 92.8 Å². The molecule has 41 heavy (non-hydrogen) atoms. The van der Waals surface area contributed by atoms with Crippen molar-refractivity contribution in [3.05, 3.63) is 70.3 Å². The highest BCUT2D eigenvalue weighted by atomic mass is 35.5. The van der Waals surface area contributed by atoms with Gasteiger partial charge < -0.3 is 9.64 Å². The Kier molecular flexibility index (Phi) is 8.81. The summed E-state index contributed by atoms with van der Waals surface area (Å²) in [5.41, 5.74) is 3.38. The van der Waals surface area contributed by atoms with Gasteiger partial charge in [0.1, 0.15) is 5.75 Å². The number of ketones is 1. The van der Waals surface area contributed by atoms with E-state index in [1.165, 1.54) is 11.1 Å². The first-order chi connectivity index (χ1) is 19.5. The first kappa shape index (κ1) is 29.6. The lowest BCUT2D eigenvalue weighted by atomic mass is 9.70. The number of anilines is 1. The number of allylic oxidation sites excluding steroid dienone is 2. The summed E-state index contributed by atoms with van der Waals surface area (Å²) in [6.07, 6.45) is 7.14. The standard InChI is InChI=1S/C32H39ClN2O5S/c1-4-5-22-14-26(33)9-11-27(22)25-17-35-16-24-7-10-28(24)30(36)12-6-20(2)21(3)19-41(38,39)34-32(37)23-8-13-31(40-18-25)29(35)15-23/h6,8-9,11-15,20-21,24-25,28H,4-5,7,10,16-19H2,1-3H3,(H,34,37)/b12-6+/t20-,21+,24-,25-,28+/m0/s1. The average molecular weight is 599 g/mol. The van der Waals surface area contributed by atoms with Crippen molar-refractivity contribution < 1.29 is 22.7 Å². The molecule has 9 heteroatoms. The van der Waals surface area contributed by atoms with Crippen LogP contribution < -0.4 is 14.4 Å². The van der Waals surface area contributed by atoms with Crippen LogP contribution in [0.5, 0.6) is 5.75 Å². The highest BCUT2D eigenvalue weighted by molar-refractivity contribution is 7.90. The van der Waals surface area contributed by atoms with Crippen LogP contribution in [0, 0.1) is 23.7 Å². The predicted octanol–water partition coefficient (Wildman–Crippen LogP) is 5.77. The molecule has 1 N–H and O–H groups in total. The number of carbonyl (C=O) groups excluding carboxylic acids is 2. The fraction of sp³-hybridized carbons (Fsp3) is 0.500. The Balaban J connectivity index is 1.54. The molecule has 7 nitrogen and oxygen atoms in total. The summed E-state index contributed by atoms with van der Waals surface area (Å²) in [6, 6.07) is 11.1. The zero-order valence-electron chi connectivity index (χ0n) is 23.9. The van der Waals surface area contributed by atoms with Crippen LogP contribution in [0.4, 0.5) is 5.69 Å². The second kappa shape index (κ2) is 12.2. The van der Waals surface area contributed by atoms with Crippen molar-refractivity contribution in [1.29, 1.82) is 0 Å². The van der Waals surface area contributed by atoms with Crippen LogP contribution in [0.3, 0.4) is 0 Å². The Morgan fingerprint density at radius 1 is 1.07 bits per heavy atom. The number of benzene rings is 2. The third-order valence-corrected chi connectivity index (χ3v) is 10.6. The molecule has 0 radical (unpaired) electrons. The van der Waals surface area contributed by atoms with Crippen molar-refractivity contribution in [3.63, 3.8) is 0 Å². The van der Waals surface area contributed by atoms with Gasteiger partial charge in [-0.25, -0.2) is 13.1 Å². The molecule has 2 aromatic rings. The first-order valence-corrected chi connectivity index (χ1v) is 16.6. The van der Waals surface area contributed by atoms with Gasteiger partial charge in [-0.1, -0.05) is 50.9 Å². The molecule has 220 valence electrons. The number of hydrogen-bond donors (Lipinski definition) is 1. The van der Waals surface area contributed by atoms with E-state index in [0.29, 0.717) is 30.5 Å². The van der Waals surface area contributed by atoms with E-state index in [1.54, 1.807) is 24.3 Å². The van der Waals surface area contributed by atoms with E-state index in [9.17, 15) is 18.0 Å². The largest absolute Gasteiger partial charge is 0.491 e.